The van der Waals surface area contributed by atoms with Crippen LogP contribution in [0.2, 0.25) is 0 Å². The zero-order valence-electron chi connectivity index (χ0n) is 14.6. The van der Waals surface area contributed by atoms with E-state index in [4.69, 9.17) is 26.2 Å². The summed E-state index contributed by atoms with van der Waals surface area (Å²) in [5, 5.41) is 23.6. The number of anilines is 3. The van der Waals surface area contributed by atoms with E-state index in [2.05, 4.69) is 20.6 Å². The summed E-state index contributed by atoms with van der Waals surface area (Å²) >= 11 is 0. The molecule has 0 fully saturated rings. The predicted molar refractivity (Wildman–Crippen MR) is 99.0 cm³/mol. The lowest BCUT2D eigenvalue weighted by Crippen LogP contribution is -2.32. The first-order valence-corrected chi connectivity index (χ1v) is 7.75. The van der Waals surface area contributed by atoms with Gasteiger partial charge in [0.15, 0.2) is 17.7 Å². The molecule has 0 bridgehead atoms. The first-order chi connectivity index (χ1) is 13.0. The highest BCUT2D eigenvalue weighted by molar-refractivity contribution is 5.98. The Morgan fingerprint density at radius 1 is 1.22 bits per heavy atom. The van der Waals surface area contributed by atoms with Crippen LogP contribution in [0.1, 0.15) is 22.7 Å². The lowest BCUT2D eigenvalue weighted by molar-refractivity contribution is 0.350. The zero-order chi connectivity index (χ0) is 19.6. The van der Waals surface area contributed by atoms with Crippen LogP contribution < -0.4 is 31.6 Å². The molecule has 10 nitrogen and oxygen atoms in total. The summed E-state index contributed by atoms with van der Waals surface area (Å²) in [6, 6.07) is 6.56. The Morgan fingerprint density at radius 3 is 2.63 bits per heavy atom. The smallest absolute Gasteiger partial charge is 0.211 e. The van der Waals surface area contributed by atoms with Crippen molar-refractivity contribution in [2.24, 2.45) is 4.99 Å². The Balaban J connectivity index is 2.31. The molecule has 1 aliphatic rings. The monoisotopic (exact) mass is 364 g/mol. The van der Waals surface area contributed by atoms with E-state index in [1.54, 1.807) is 24.4 Å². The van der Waals surface area contributed by atoms with Gasteiger partial charge in [0.2, 0.25) is 5.96 Å². The molecule has 136 valence electrons. The van der Waals surface area contributed by atoms with Gasteiger partial charge in [-0.05, 0) is 6.07 Å². The molecule has 1 aliphatic heterocycles. The lowest BCUT2D eigenvalue weighted by Gasteiger charge is -2.27. The first-order valence-electron chi connectivity index (χ1n) is 7.75. The van der Waals surface area contributed by atoms with Crippen LogP contribution in [0.15, 0.2) is 23.2 Å². The van der Waals surface area contributed by atoms with Gasteiger partial charge >= 0.3 is 0 Å². The van der Waals surface area contributed by atoms with E-state index in [1.807, 2.05) is 6.07 Å². The number of methoxy groups -OCH3 is 2. The topological polar surface area (TPSA) is 167 Å². The number of guanidine groups is 1. The van der Waals surface area contributed by atoms with Crippen molar-refractivity contribution in [2.45, 2.75) is 6.04 Å². The molecule has 0 spiro atoms. The first kappa shape index (κ1) is 17.6. The molecule has 6 N–H and O–H groups in total. The number of hydrogen-bond donors (Lipinski definition) is 4. The SMILES string of the molecule is COc1cccc(C2N=C(NC#N)Nc3nc(N)c(C#N)c(N)c32)c1OC. The minimum Gasteiger partial charge on any atom is -0.493 e. The predicted octanol–water partition coefficient (Wildman–Crippen LogP) is 1.08. The van der Waals surface area contributed by atoms with E-state index >= 15 is 0 Å². The molecule has 1 aromatic heterocycles. The van der Waals surface area contributed by atoms with Gasteiger partial charge in [0.1, 0.15) is 29.3 Å². The quantitative estimate of drug-likeness (QED) is 0.460. The fourth-order valence-electron chi connectivity index (χ4n) is 2.93. The van der Waals surface area contributed by atoms with Gasteiger partial charge in [-0.1, -0.05) is 12.1 Å². The van der Waals surface area contributed by atoms with Crippen LogP contribution >= 0.6 is 0 Å². The van der Waals surface area contributed by atoms with Gasteiger partial charge in [-0.15, -0.1) is 0 Å². The fraction of sp³-hybridized carbons (Fsp3) is 0.176. The summed E-state index contributed by atoms with van der Waals surface area (Å²) in [6.45, 7) is 0. The molecule has 1 atom stereocenters. The molecule has 0 amide bonds. The number of benzene rings is 1. The molecule has 2 heterocycles. The van der Waals surface area contributed by atoms with Crippen LogP contribution in [-0.2, 0) is 0 Å². The van der Waals surface area contributed by atoms with Crippen molar-refractivity contribution in [1.29, 1.82) is 10.5 Å². The molecular weight excluding hydrogens is 348 g/mol. The third kappa shape index (κ3) is 2.85. The van der Waals surface area contributed by atoms with E-state index in [9.17, 15) is 5.26 Å². The third-order valence-corrected chi connectivity index (χ3v) is 4.09. The van der Waals surface area contributed by atoms with E-state index in [1.165, 1.54) is 14.2 Å². The van der Waals surface area contributed by atoms with Crippen molar-refractivity contribution < 1.29 is 9.47 Å². The van der Waals surface area contributed by atoms with Gasteiger partial charge in [-0.2, -0.15) is 10.5 Å². The second-order valence-electron chi connectivity index (χ2n) is 5.48. The van der Waals surface area contributed by atoms with Gasteiger partial charge in [-0.25, -0.2) is 9.98 Å². The number of pyridine rings is 1. The molecular formula is C17H16N8O2. The Kier molecular flexibility index (Phi) is 4.56. The molecule has 0 saturated carbocycles. The summed E-state index contributed by atoms with van der Waals surface area (Å²) in [4.78, 5) is 8.71. The number of aliphatic imine (C=N–C) groups is 1. The fourth-order valence-corrected chi connectivity index (χ4v) is 2.93. The standard InChI is InChI=1S/C17H16N8O2/c1-26-10-5-3-4-8(14(10)27-2)13-11-12(20)9(6-18)15(21)24-16(11)25-17(23-13)22-7-19/h3-5,13H,1-2H3,(H6,20,21,22,23,24,25). The highest BCUT2D eigenvalue weighted by Crippen LogP contribution is 2.45. The second-order valence-corrected chi connectivity index (χ2v) is 5.48. The van der Waals surface area contributed by atoms with Crippen molar-refractivity contribution >= 4 is 23.3 Å². The number of nitriles is 2. The van der Waals surface area contributed by atoms with Crippen molar-refractivity contribution in [3.8, 4) is 23.8 Å². The minimum atomic E-state index is -0.706. The number of fused-ring (bicyclic) bond motifs is 1. The molecule has 1 unspecified atom stereocenters. The highest BCUT2D eigenvalue weighted by atomic mass is 16.5. The number of hydrogen-bond acceptors (Lipinski definition) is 10. The van der Waals surface area contributed by atoms with Crippen molar-refractivity contribution in [3.05, 3.63) is 34.9 Å². The van der Waals surface area contributed by atoms with Gasteiger partial charge < -0.3 is 26.3 Å². The highest BCUT2D eigenvalue weighted by Gasteiger charge is 2.32. The summed E-state index contributed by atoms with van der Waals surface area (Å²) in [6.07, 6.45) is 1.80. The van der Waals surface area contributed by atoms with E-state index in [-0.39, 0.29) is 23.0 Å². The summed E-state index contributed by atoms with van der Waals surface area (Å²) in [5.41, 5.74) is 13.4. The van der Waals surface area contributed by atoms with Gasteiger partial charge in [0.05, 0.1) is 19.9 Å². The number of nitrogens with two attached hydrogens (primary N) is 2. The Bertz CT molecular complexity index is 1020. The maximum Gasteiger partial charge on any atom is 0.211 e. The number of para-hydroxylation sites is 1. The number of nitrogen functional groups attached to an aromatic ring is 2. The van der Waals surface area contributed by atoms with E-state index in [0.717, 1.165) is 0 Å². The summed E-state index contributed by atoms with van der Waals surface area (Å²) < 4.78 is 10.8. The Labute approximate surface area is 155 Å². The van der Waals surface area contributed by atoms with Gasteiger partial charge in [-0.3, -0.25) is 5.32 Å². The Morgan fingerprint density at radius 2 is 2.00 bits per heavy atom. The normalized spacial score (nSPS) is 14.7. The Hall–Kier alpha value is -4.18. The molecule has 27 heavy (non-hydrogen) atoms. The van der Waals surface area contributed by atoms with Crippen molar-refractivity contribution in [1.82, 2.24) is 10.3 Å². The number of aromatic nitrogens is 1. The van der Waals surface area contributed by atoms with E-state index in [0.29, 0.717) is 28.4 Å². The van der Waals surface area contributed by atoms with Crippen LogP contribution in [0.25, 0.3) is 0 Å². The largest absolute Gasteiger partial charge is 0.493 e. The maximum atomic E-state index is 9.37. The van der Waals surface area contributed by atoms with Crippen LogP contribution in [0.4, 0.5) is 17.3 Å². The maximum absolute atomic E-state index is 9.37. The average Bonchev–Trinajstić information content (AvgIpc) is 2.67. The van der Waals surface area contributed by atoms with Crippen molar-refractivity contribution in [2.75, 3.05) is 31.0 Å². The molecule has 1 aromatic carbocycles. The summed E-state index contributed by atoms with van der Waals surface area (Å²) in [7, 11) is 3.03. The van der Waals surface area contributed by atoms with Crippen molar-refractivity contribution in [3.63, 3.8) is 0 Å². The van der Waals surface area contributed by atoms with Gasteiger partial charge in [0, 0.05) is 11.1 Å². The van der Waals surface area contributed by atoms with E-state index < -0.39 is 6.04 Å². The number of nitrogens with zero attached hydrogens (tertiary/aromatic N) is 4. The van der Waals surface area contributed by atoms with Crippen LogP contribution in [-0.4, -0.2) is 25.2 Å². The zero-order valence-corrected chi connectivity index (χ0v) is 14.6. The molecule has 2 aromatic rings. The number of ether oxygens (including phenoxy) is 2. The second kappa shape index (κ2) is 6.98. The minimum absolute atomic E-state index is 0.0178. The van der Waals surface area contributed by atoms with Crippen LogP contribution in [0.5, 0.6) is 11.5 Å². The van der Waals surface area contributed by atoms with Gasteiger partial charge in [0.25, 0.3) is 0 Å². The number of nitrogens with one attached hydrogen (secondary N) is 2. The average molecular weight is 364 g/mol. The molecule has 0 radical (unpaired) electrons. The van der Waals surface area contributed by atoms with Crippen LogP contribution in [0.3, 0.4) is 0 Å². The summed E-state index contributed by atoms with van der Waals surface area (Å²) in [5.74, 6) is 1.40. The molecule has 0 aliphatic carbocycles. The molecule has 0 saturated heterocycles. The van der Waals surface area contributed by atoms with Crippen LogP contribution in [0, 0.1) is 22.8 Å². The molecule has 3 rings (SSSR count). The number of rotatable bonds is 3. The third-order valence-electron chi connectivity index (χ3n) is 4.09. The lowest BCUT2D eigenvalue weighted by atomic mass is 9.94. The molecule has 10 heteroatoms.